The van der Waals surface area contributed by atoms with Crippen molar-refractivity contribution in [3.8, 4) is 0 Å². The van der Waals surface area contributed by atoms with Gasteiger partial charge in [-0.15, -0.1) is 0 Å². The monoisotopic (exact) mass is 378 g/mol. The molecule has 0 N–H and O–H groups in total. The van der Waals surface area contributed by atoms with E-state index in [9.17, 15) is 19.2 Å². The molecule has 0 heterocycles. The van der Waals surface area contributed by atoms with E-state index in [2.05, 4.69) is 0 Å². The fourth-order valence-corrected chi connectivity index (χ4v) is 4.86. The molecule has 4 rings (SSSR count). The minimum absolute atomic E-state index is 0.198. The van der Waals surface area contributed by atoms with Crippen LogP contribution in [0.2, 0.25) is 0 Å². The Kier molecular flexibility index (Phi) is 4.61. The van der Waals surface area contributed by atoms with E-state index in [-0.39, 0.29) is 23.0 Å². The van der Waals surface area contributed by atoms with Crippen molar-refractivity contribution < 1.29 is 38.1 Å². The first-order valence-corrected chi connectivity index (χ1v) is 8.62. The summed E-state index contributed by atoms with van der Waals surface area (Å²) in [5.41, 5.74) is -0.523. The van der Waals surface area contributed by atoms with Crippen molar-refractivity contribution >= 4 is 23.9 Å². The molecule has 0 spiro atoms. The minimum Gasteiger partial charge on any atom is -0.466 e. The fourth-order valence-electron chi connectivity index (χ4n) is 4.86. The Morgan fingerprint density at radius 1 is 0.926 bits per heavy atom. The topological polar surface area (TPSA) is 105 Å². The molecule has 4 aliphatic carbocycles. The van der Waals surface area contributed by atoms with Gasteiger partial charge in [0.1, 0.15) is 12.2 Å². The Hall–Kier alpha value is -2.64. The molecule has 27 heavy (non-hydrogen) atoms. The number of allylic oxidation sites excluding steroid dienone is 2. The molecule has 0 saturated heterocycles. The smallest absolute Gasteiger partial charge is 0.335 e. The molecule has 6 atom stereocenters. The highest BCUT2D eigenvalue weighted by Gasteiger charge is 2.70. The fraction of sp³-hybridized carbons (Fsp3) is 0.579. The van der Waals surface area contributed by atoms with Gasteiger partial charge in [-0.05, 0) is 0 Å². The SMILES string of the molecule is COC(=O)C1=C(C(=O)OC)[C@@]2(C)C=C[C@H]1[C@@H]1[C@H](OC(C)=O)[C@@H](OC(C)=O)[C@H]12. The molecule has 0 aromatic rings. The van der Waals surface area contributed by atoms with Crippen LogP contribution in [0, 0.1) is 23.2 Å². The van der Waals surface area contributed by atoms with Crippen molar-refractivity contribution in [3.63, 3.8) is 0 Å². The van der Waals surface area contributed by atoms with Crippen LogP contribution < -0.4 is 0 Å². The third-order valence-electron chi connectivity index (χ3n) is 5.77. The zero-order chi connectivity index (χ0) is 20.1. The Morgan fingerprint density at radius 2 is 1.48 bits per heavy atom. The number of rotatable bonds is 4. The molecule has 4 aliphatic rings. The largest absolute Gasteiger partial charge is 0.466 e. The van der Waals surface area contributed by atoms with Crippen LogP contribution in [-0.2, 0) is 38.1 Å². The first-order valence-electron chi connectivity index (χ1n) is 8.62. The number of esters is 4. The summed E-state index contributed by atoms with van der Waals surface area (Å²) in [6.45, 7) is 4.33. The van der Waals surface area contributed by atoms with Gasteiger partial charge in [0.15, 0.2) is 0 Å². The molecule has 1 saturated carbocycles. The number of hydrogen-bond acceptors (Lipinski definition) is 8. The zero-order valence-corrected chi connectivity index (χ0v) is 15.8. The van der Waals surface area contributed by atoms with Crippen LogP contribution >= 0.6 is 0 Å². The lowest BCUT2D eigenvalue weighted by molar-refractivity contribution is -0.233. The maximum atomic E-state index is 12.5. The standard InChI is InChI=1S/C19H22O8/c1-8(20)26-15-11-10-6-7-19(3,13(11)16(15)27-9(2)21)14(18(23)25-5)12(10)17(22)24-4/h6-7,10-11,13,15-16H,1-5H3/t10-,11-,13-,15-,16-,19-/m0/s1. The molecule has 0 radical (unpaired) electrons. The van der Waals surface area contributed by atoms with Crippen molar-refractivity contribution in [2.75, 3.05) is 14.2 Å². The van der Waals surface area contributed by atoms with E-state index >= 15 is 0 Å². The number of methoxy groups -OCH3 is 2. The molecule has 8 heteroatoms. The molecular weight excluding hydrogens is 356 g/mol. The molecule has 8 nitrogen and oxygen atoms in total. The summed E-state index contributed by atoms with van der Waals surface area (Å²) >= 11 is 0. The summed E-state index contributed by atoms with van der Waals surface area (Å²) in [7, 11) is 2.48. The van der Waals surface area contributed by atoms with Crippen molar-refractivity contribution in [2.45, 2.75) is 33.0 Å². The molecule has 0 amide bonds. The van der Waals surface area contributed by atoms with Crippen molar-refractivity contribution in [1.29, 1.82) is 0 Å². The van der Waals surface area contributed by atoms with E-state index < -0.39 is 47.4 Å². The molecule has 0 aliphatic heterocycles. The Labute approximate surface area is 156 Å². The molecule has 0 unspecified atom stereocenters. The first kappa shape index (κ1) is 19.1. The van der Waals surface area contributed by atoms with E-state index in [1.165, 1.54) is 28.1 Å². The maximum absolute atomic E-state index is 12.5. The zero-order valence-electron chi connectivity index (χ0n) is 15.8. The molecule has 2 bridgehead atoms. The van der Waals surface area contributed by atoms with Crippen LogP contribution in [0.1, 0.15) is 20.8 Å². The Bertz CT molecular complexity index is 779. The number of carbonyl (C=O) groups excluding carboxylic acids is 4. The quantitative estimate of drug-likeness (QED) is 0.404. The number of carbonyl (C=O) groups is 4. The molecule has 1 fully saturated rings. The Balaban J connectivity index is 2.14. The number of hydrogen-bond donors (Lipinski definition) is 0. The van der Waals surface area contributed by atoms with Gasteiger partial charge in [-0.2, -0.15) is 0 Å². The van der Waals surface area contributed by atoms with E-state index in [0.717, 1.165) is 0 Å². The summed E-state index contributed by atoms with van der Waals surface area (Å²) in [6.07, 6.45) is 2.23. The van der Waals surface area contributed by atoms with Gasteiger partial charge >= 0.3 is 23.9 Å². The second kappa shape index (κ2) is 6.51. The second-order valence-electron chi connectivity index (χ2n) is 7.19. The van der Waals surface area contributed by atoms with Crippen LogP contribution in [-0.4, -0.2) is 50.3 Å². The van der Waals surface area contributed by atoms with E-state index in [4.69, 9.17) is 18.9 Å². The molecule has 0 aromatic carbocycles. The first-order chi connectivity index (χ1) is 12.7. The van der Waals surface area contributed by atoms with Crippen molar-refractivity contribution in [1.82, 2.24) is 0 Å². The molecular formula is C19H22O8. The summed E-state index contributed by atoms with van der Waals surface area (Å²) in [4.78, 5) is 48.2. The van der Waals surface area contributed by atoms with Crippen molar-refractivity contribution in [3.05, 3.63) is 23.3 Å². The highest BCUT2D eigenvalue weighted by Crippen LogP contribution is 2.64. The van der Waals surface area contributed by atoms with Crippen LogP contribution in [0.5, 0.6) is 0 Å². The van der Waals surface area contributed by atoms with E-state index in [1.807, 2.05) is 12.2 Å². The Morgan fingerprint density at radius 3 is 2.00 bits per heavy atom. The van der Waals surface area contributed by atoms with Gasteiger partial charge in [0.2, 0.25) is 0 Å². The third-order valence-corrected chi connectivity index (χ3v) is 5.77. The molecule has 0 aromatic heterocycles. The lowest BCUT2D eigenvalue weighted by atomic mass is 9.43. The van der Waals surface area contributed by atoms with Crippen LogP contribution in [0.15, 0.2) is 23.3 Å². The second-order valence-corrected chi connectivity index (χ2v) is 7.19. The lowest BCUT2D eigenvalue weighted by Crippen LogP contribution is -2.70. The average Bonchev–Trinajstić information content (AvgIpc) is 2.61. The predicted octanol–water partition coefficient (Wildman–Crippen LogP) is 0.944. The minimum atomic E-state index is -0.924. The van der Waals surface area contributed by atoms with Gasteiger partial charge in [-0.3, -0.25) is 9.59 Å². The number of ether oxygens (including phenoxy) is 4. The van der Waals surface area contributed by atoms with Crippen LogP contribution in [0.4, 0.5) is 0 Å². The van der Waals surface area contributed by atoms with Gasteiger partial charge in [-0.1, -0.05) is 19.1 Å². The normalized spacial score (nSPS) is 35.7. The predicted molar refractivity (Wildman–Crippen MR) is 89.9 cm³/mol. The van der Waals surface area contributed by atoms with E-state index in [1.54, 1.807) is 6.92 Å². The summed E-state index contributed by atoms with van der Waals surface area (Å²) in [6, 6.07) is 0. The third kappa shape index (κ3) is 2.65. The summed E-state index contributed by atoms with van der Waals surface area (Å²) in [5, 5.41) is 0. The van der Waals surface area contributed by atoms with Gasteiger partial charge in [0.25, 0.3) is 0 Å². The van der Waals surface area contributed by atoms with Crippen molar-refractivity contribution in [2.24, 2.45) is 23.2 Å². The summed E-state index contributed by atoms with van der Waals surface area (Å²) in [5.74, 6) is -3.44. The lowest BCUT2D eigenvalue weighted by Gasteiger charge is -2.63. The highest BCUT2D eigenvalue weighted by atomic mass is 16.6. The van der Waals surface area contributed by atoms with Crippen LogP contribution in [0.25, 0.3) is 0 Å². The van der Waals surface area contributed by atoms with Gasteiger partial charge in [0.05, 0.1) is 25.4 Å². The highest BCUT2D eigenvalue weighted by molar-refractivity contribution is 6.03. The van der Waals surface area contributed by atoms with Gasteiger partial charge in [0, 0.05) is 37.0 Å². The van der Waals surface area contributed by atoms with Gasteiger partial charge < -0.3 is 18.9 Å². The molecule has 146 valence electrons. The van der Waals surface area contributed by atoms with E-state index in [0.29, 0.717) is 0 Å². The summed E-state index contributed by atoms with van der Waals surface area (Å²) < 4.78 is 20.7. The average molecular weight is 378 g/mol. The van der Waals surface area contributed by atoms with Crippen LogP contribution in [0.3, 0.4) is 0 Å². The van der Waals surface area contributed by atoms with Gasteiger partial charge in [-0.25, -0.2) is 9.59 Å². The maximum Gasteiger partial charge on any atom is 0.335 e.